The number of hydrogen-bond donors (Lipinski definition) is 2. The molecule has 1 aromatic carbocycles. The molecule has 2 N–H and O–H groups in total. The minimum atomic E-state index is -4.63. The summed E-state index contributed by atoms with van der Waals surface area (Å²) < 4.78 is 37.8. The number of hydrogen-bond acceptors (Lipinski definition) is 2. The molecular formula is C12H9ClF3NO3. The van der Waals surface area contributed by atoms with E-state index in [0.29, 0.717) is 12.1 Å². The van der Waals surface area contributed by atoms with Crippen LogP contribution in [0.4, 0.5) is 13.2 Å². The zero-order valence-corrected chi connectivity index (χ0v) is 10.7. The van der Waals surface area contributed by atoms with E-state index < -0.39 is 29.2 Å². The molecule has 20 heavy (non-hydrogen) atoms. The van der Waals surface area contributed by atoms with Crippen LogP contribution in [0.1, 0.15) is 28.8 Å². The average Bonchev–Trinajstić information content (AvgIpc) is 3.08. The van der Waals surface area contributed by atoms with Crippen LogP contribution in [0, 0.1) is 0 Å². The van der Waals surface area contributed by atoms with Gasteiger partial charge in [0.2, 0.25) is 0 Å². The maximum absolute atomic E-state index is 12.6. The Morgan fingerprint density at radius 1 is 1.25 bits per heavy atom. The Hall–Kier alpha value is -1.76. The van der Waals surface area contributed by atoms with Gasteiger partial charge in [0.1, 0.15) is 5.54 Å². The van der Waals surface area contributed by atoms with E-state index in [1.807, 2.05) is 0 Å². The molecular weight excluding hydrogens is 299 g/mol. The number of carboxylic acids is 1. The second-order valence-corrected chi connectivity index (χ2v) is 5.00. The third-order valence-electron chi connectivity index (χ3n) is 3.00. The summed E-state index contributed by atoms with van der Waals surface area (Å²) in [6, 6.07) is 2.39. The first-order chi connectivity index (χ1) is 9.14. The van der Waals surface area contributed by atoms with E-state index in [1.165, 1.54) is 0 Å². The topological polar surface area (TPSA) is 66.4 Å². The molecule has 4 nitrogen and oxygen atoms in total. The summed E-state index contributed by atoms with van der Waals surface area (Å²) in [5, 5.41) is 10.9. The quantitative estimate of drug-likeness (QED) is 0.902. The smallest absolute Gasteiger partial charge is 0.416 e. The van der Waals surface area contributed by atoms with Gasteiger partial charge in [0.05, 0.1) is 5.56 Å². The van der Waals surface area contributed by atoms with E-state index >= 15 is 0 Å². The molecule has 0 unspecified atom stereocenters. The summed E-state index contributed by atoms with van der Waals surface area (Å²) in [7, 11) is 0. The molecule has 0 spiro atoms. The molecule has 1 aliphatic carbocycles. The minimum absolute atomic E-state index is 0.245. The molecule has 108 valence electrons. The zero-order valence-electron chi connectivity index (χ0n) is 9.92. The van der Waals surface area contributed by atoms with Gasteiger partial charge in [-0.15, -0.1) is 0 Å². The Balaban J connectivity index is 2.27. The predicted octanol–water partition coefficient (Wildman–Crippen LogP) is 2.71. The first-order valence-corrected chi connectivity index (χ1v) is 5.95. The summed E-state index contributed by atoms with van der Waals surface area (Å²) in [5.41, 5.74) is -2.75. The zero-order chi connectivity index (χ0) is 15.1. The molecule has 0 aromatic heterocycles. The van der Waals surface area contributed by atoms with Gasteiger partial charge >= 0.3 is 12.1 Å². The number of halogens is 4. The van der Waals surface area contributed by atoms with Crippen LogP contribution in [0.15, 0.2) is 18.2 Å². The first kappa shape index (κ1) is 14.6. The van der Waals surface area contributed by atoms with Crippen LogP contribution in [-0.2, 0) is 11.0 Å². The van der Waals surface area contributed by atoms with Gasteiger partial charge in [-0.1, -0.05) is 11.6 Å². The van der Waals surface area contributed by atoms with E-state index in [9.17, 15) is 22.8 Å². The number of rotatable bonds is 3. The molecule has 8 heteroatoms. The number of nitrogens with one attached hydrogen (secondary N) is 1. The van der Waals surface area contributed by atoms with E-state index in [4.69, 9.17) is 16.7 Å². The first-order valence-electron chi connectivity index (χ1n) is 5.58. The number of carbonyl (C=O) groups is 2. The minimum Gasteiger partial charge on any atom is -0.480 e. The summed E-state index contributed by atoms with van der Waals surface area (Å²) in [6.45, 7) is 0. The molecule has 0 aliphatic heterocycles. The van der Waals surface area contributed by atoms with E-state index in [0.717, 1.165) is 6.07 Å². The van der Waals surface area contributed by atoms with E-state index in [-0.39, 0.29) is 23.4 Å². The van der Waals surface area contributed by atoms with Crippen molar-refractivity contribution in [3.05, 3.63) is 34.3 Å². The molecule has 1 amide bonds. The largest absolute Gasteiger partial charge is 0.480 e. The van der Waals surface area contributed by atoms with Gasteiger partial charge in [0.25, 0.3) is 5.91 Å². The number of carboxylic acid groups (broad SMARTS) is 1. The van der Waals surface area contributed by atoms with Gasteiger partial charge in [-0.3, -0.25) is 4.79 Å². The Morgan fingerprint density at radius 3 is 2.30 bits per heavy atom. The van der Waals surface area contributed by atoms with Crippen molar-refractivity contribution in [3.63, 3.8) is 0 Å². The summed E-state index contributed by atoms with van der Waals surface area (Å²) in [4.78, 5) is 22.8. The Kier molecular flexibility index (Phi) is 3.41. The number of benzene rings is 1. The average molecular weight is 308 g/mol. The number of alkyl halides is 3. The van der Waals surface area contributed by atoms with Gasteiger partial charge in [-0.2, -0.15) is 13.2 Å². The molecule has 0 atom stereocenters. The van der Waals surface area contributed by atoms with Crippen molar-refractivity contribution in [1.82, 2.24) is 5.32 Å². The van der Waals surface area contributed by atoms with Gasteiger partial charge in [-0.25, -0.2) is 4.79 Å². The molecule has 2 rings (SSSR count). The highest BCUT2D eigenvalue weighted by Crippen LogP contribution is 2.36. The lowest BCUT2D eigenvalue weighted by Crippen LogP contribution is -2.43. The van der Waals surface area contributed by atoms with Crippen LogP contribution >= 0.6 is 11.6 Å². The normalized spacial score (nSPS) is 16.6. The van der Waals surface area contributed by atoms with Crippen molar-refractivity contribution < 1.29 is 27.9 Å². The van der Waals surface area contributed by atoms with Crippen molar-refractivity contribution in [2.75, 3.05) is 0 Å². The third-order valence-corrected chi connectivity index (χ3v) is 3.22. The molecule has 0 radical (unpaired) electrons. The van der Waals surface area contributed by atoms with Crippen molar-refractivity contribution in [2.24, 2.45) is 0 Å². The maximum Gasteiger partial charge on any atom is 0.416 e. The van der Waals surface area contributed by atoms with Gasteiger partial charge < -0.3 is 10.4 Å². The van der Waals surface area contributed by atoms with E-state index in [1.54, 1.807) is 0 Å². The van der Waals surface area contributed by atoms with Crippen molar-refractivity contribution in [3.8, 4) is 0 Å². The summed E-state index contributed by atoms with van der Waals surface area (Å²) >= 11 is 5.55. The van der Waals surface area contributed by atoms with Gasteiger partial charge in [-0.05, 0) is 31.0 Å². The fourth-order valence-corrected chi connectivity index (χ4v) is 1.93. The Bertz CT molecular complexity index is 582. The molecule has 1 aliphatic rings. The molecule has 0 saturated heterocycles. The SMILES string of the molecule is O=C(NC1(C(=O)O)CC1)c1cc(Cl)cc(C(F)(F)F)c1. The monoisotopic (exact) mass is 307 g/mol. The lowest BCUT2D eigenvalue weighted by Gasteiger charge is -2.14. The number of amides is 1. The summed E-state index contributed by atoms with van der Waals surface area (Å²) in [5.74, 6) is -2.10. The lowest BCUT2D eigenvalue weighted by atomic mass is 10.1. The van der Waals surface area contributed by atoms with Crippen molar-refractivity contribution in [1.29, 1.82) is 0 Å². The van der Waals surface area contributed by atoms with Gasteiger partial charge in [0.15, 0.2) is 0 Å². The number of aliphatic carboxylic acids is 1. The van der Waals surface area contributed by atoms with Gasteiger partial charge in [0, 0.05) is 10.6 Å². The van der Waals surface area contributed by atoms with Crippen LogP contribution in [0.5, 0.6) is 0 Å². The Labute approximate surface area is 116 Å². The lowest BCUT2D eigenvalue weighted by molar-refractivity contribution is -0.140. The summed E-state index contributed by atoms with van der Waals surface area (Å²) in [6.07, 6.45) is -4.13. The van der Waals surface area contributed by atoms with Crippen LogP contribution in [0.25, 0.3) is 0 Å². The molecule has 1 saturated carbocycles. The molecule has 1 fully saturated rings. The highest BCUT2D eigenvalue weighted by Gasteiger charge is 2.51. The number of carbonyl (C=O) groups excluding carboxylic acids is 1. The van der Waals surface area contributed by atoms with Crippen LogP contribution in [0.3, 0.4) is 0 Å². The highest BCUT2D eigenvalue weighted by atomic mass is 35.5. The molecule has 0 bridgehead atoms. The highest BCUT2D eigenvalue weighted by molar-refractivity contribution is 6.31. The third kappa shape index (κ3) is 2.87. The Morgan fingerprint density at radius 2 is 1.85 bits per heavy atom. The fourth-order valence-electron chi connectivity index (χ4n) is 1.69. The molecule has 0 heterocycles. The van der Waals surface area contributed by atoms with Crippen LogP contribution < -0.4 is 5.32 Å². The van der Waals surface area contributed by atoms with E-state index in [2.05, 4.69) is 5.32 Å². The van der Waals surface area contributed by atoms with Crippen molar-refractivity contribution in [2.45, 2.75) is 24.6 Å². The standard InChI is InChI=1S/C12H9ClF3NO3/c13-8-4-6(3-7(5-8)12(14,15)16)9(18)17-11(1-2-11)10(19)20/h3-5H,1-2H2,(H,17,18)(H,19,20). The molecule has 1 aromatic rings. The van der Waals surface area contributed by atoms with Crippen LogP contribution in [-0.4, -0.2) is 22.5 Å². The van der Waals surface area contributed by atoms with Crippen LogP contribution in [0.2, 0.25) is 5.02 Å². The fraction of sp³-hybridized carbons (Fsp3) is 0.333. The second-order valence-electron chi connectivity index (χ2n) is 4.57. The second kappa shape index (κ2) is 4.66. The predicted molar refractivity (Wildman–Crippen MR) is 63.5 cm³/mol. The van der Waals surface area contributed by atoms with Crippen molar-refractivity contribution >= 4 is 23.5 Å². The maximum atomic E-state index is 12.6.